The summed E-state index contributed by atoms with van der Waals surface area (Å²) in [7, 11) is -3.62. The smallest absolute Gasteiger partial charge is 0.261 e. The van der Waals surface area contributed by atoms with Crippen LogP contribution >= 0.6 is 15.9 Å². The number of hydrogen-bond acceptors (Lipinski definition) is 2. The van der Waals surface area contributed by atoms with E-state index < -0.39 is 10.0 Å². The molecule has 3 rings (SSSR count). The van der Waals surface area contributed by atoms with E-state index in [-0.39, 0.29) is 4.90 Å². The zero-order chi connectivity index (χ0) is 17.0. The lowest BCUT2D eigenvalue weighted by Crippen LogP contribution is -2.14. The Morgan fingerprint density at radius 1 is 0.792 bits per heavy atom. The Morgan fingerprint density at radius 3 is 2.12 bits per heavy atom. The van der Waals surface area contributed by atoms with Crippen molar-refractivity contribution in [3.8, 4) is 0 Å². The van der Waals surface area contributed by atoms with Crippen molar-refractivity contribution in [3.63, 3.8) is 0 Å². The Kier molecular flexibility index (Phi) is 5.02. The predicted octanol–water partition coefficient (Wildman–Crippen LogP) is 4.84. The van der Waals surface area contributed by atoms with E-state index in [0.717, 1.165) is 15.6 Å². The van der Waals surface area contributed by atoms with Gasteiger partial charge in [-0.2, -0.15) is 0 Å². The van der Waals surface area contributed by atoms with Crippen molar-refractivity contribution in [2.75, 3.05) is 4.72 Å². The maximum atomic E-state index is 12.6. The third-order valence-electron chi connectivity index (χ3n) is 3.62. The highest BCUT2D eigenvalue weighted by Gasteiger charge is 2.15. The van der Waals surface area contributed by atoms with Gasteiger partial charge in [0.1, 0.15) is 0 Å². The molecule has 3 nitrogen and oxygen atoms in total. The van der Waals surface area contributed by atoms with Gasteiger partial charge in [-0.05, 0) is 47.9 Å². The fourth-order valence-electron chi connectivity index (χ4n) is 2.41. The fourth-order valence-corrected chi connectivity index (χ4v) is 3.77. The average Bonchev–Trinajstić information content (AvgIpc) is 2.58. The van der Waals surface area contributed by atoms with Crippen LogP contribution in [0, 0.1) is 0 Å². The van der Waals surface area contributed by atoms with Gasteiger partial charge in [-0.25, -0.2) is 8.42 Å². The van der Waals surface area contributed by atoms with Crippen molar-refractivity contribution >= 4 is 31.6 Å². The lowest BCUT2D eigenvalue weighted by Gasteiger charge is -2.13. The molecular weight excluding hydrogens is 386 g/mol. The molecule has 5 heteroatoms. The van der Waals surface area contributed by atoms with Crippen LogP contribution in [0.15, 0.2) is 88.2 Å². The maximum Gasteiger partial charge on any atom is 0.261 e. The molecular formula is C19H16BrNO2S. The van der Waals surface area contributed by atoms with Gasteiger partial charge in [0.05, 0.1) is 10.6 Å². The van der Waals surface area contributed by atoms with E-state index in [1.807, 2.05) is 48.5 Å². The van der Waals surface area contributed by atoms with Crippen LogP contribution in [0.25, 0.3) is 0 Å². The van der Waals surface area contributed by atoms with Crippen LogP contribution in [-0.4, -0.2) is 8.42 Å². The van der Waals surface area contributed by atoms with Gasteiger partial charge < -0.3 is 0 Å². The van der Waals surface area contributed by atoms with Gasteiger partial charge in [0.25, 0.3) is 10.0 Å². The molecule has 0 radical (unpaired) electrons. The molecule has 0 bridgehead atoms. The SMILES string of the molecule is O=S(=O)(Nc1ccccc1Cc1ccccc1)c1ccc(Br)cc1. The number of hydrogen-bond donors (Lipinski definition) is 1. The second kappa shape index (κ2) is 7.20. The quantitative estimate of drug-likeness (QED) is 0.664. The molecule has 0 aliphatic heterocycles. The van der Waals surface area contributed by atoms with Gasteiger partial charge >= 0.3 is 0 Å². The number of nitrogens with one attached hydrogen (secondary N) is 1. The standard InChI is InChI=1S/C19H16BrNO2S/c20-17-10-12-18(13-11-17)24(22,23)21-19-9-5-4-8-16(19)14-15-6-2-1-3-7-15/h1-13,21H,14H2. The first-order chi connectivity index (χ1) is 11.5. The molecule has 3 aromatic rings. The number of rotatable bonds is 5. The van der Waals surface area contributed by atoms with Gasteiger partial charge in [0.15, 0.2) is 0 Å². The normalized spacial score (nSPS) is 11.2. The molecule has 0 aliphatic carbocycles. The Morgan fingerprint density at radius 2 is 1.42 bits per heavy atom. The van der Waals surface area contributed by atoms with Crippen LogP contribution in [0.3, 0.4) is 0 Å². The summed E-state index contributed by atoms with van der Waals surface area (Å²) in [5.74, 6) is 0. The Balaban J connectivity index is 1.89. The van der Waals surface area contributed by atoms with E-state index in [1.165, 1.54) is 0 Å². The minimum Gasteiger partial charge on any atom is -0.279 e. The van der Waals surface area contributed by atoms with E-state index in [4.69, 9.17) is 0 Å². The van der Waals surface area contributed by atoms with Crippen molar-refractivity contribution < 1.29 is 8.42 Å². The summed E-state index contributed by atoms with van der Waals surface area (Å²) in [6.45, 7) is 0. The van der Waals surface area contributed by atoms with Gasteiger partial charge in [-0.15, -0.1) is 0 Å². The van der Waals surface area contributed by atoms with E-state index in [0.29, 0.717) is 12.1 Å². The van der Waals surface area contributed by atoms with Gasteiger partial charge in [0, 0.05) is 4.47 Å². The first kappa shape index (κ1) is 16.7. The predicted molar refractivity (Wildman–Crippen MR) is 101 cm³/mol. The molecule has 3 aromatic carbocycles. The molecule has 0 atom stereocenters. The molecule has 24 heavy (non-hydrogen) atoms. The first-order valence-electron chi connectivity index (χ1n) is 7.45. The number of benzene rings is 3. The Labute approximate surface area is 150 Å². The molecule has 0 saturated heterocycles. The molecule has 0 saturated carbocycles. The molecule has 0 heterocycles. The zero-order valence-electron chi connectivity index (χ0n) is 12.8. The van der Waals surface area contributed by atoms with Crippen LogP contribution in [-0.2, 0) is 16.4 Å². The number of anilines is 1. The van der Waals surface area contributed by atoms with E-state index in [2.05, 4.69) is 20.7 Å². The molecule has 122 valence electrons. The van der Waals surface area contributed by atoms with Gasteiger partial charge in [-0.3, -0.25) is 4.72 Å². The first-order valence-corrected chi connectivity index (χ1v) is 9.72. The summed E-state index contributed by atoms with van der Waals surface area (Å²) < 4.78 is 28.7. The van der Waals surface area contributed by atoms with Crippen molar-refractivity contribution in [3.05, 3.63) is 94.5 Å². The number of para-hydroxylation sites is 1. The Bertz CT molecular complexity index is 923. The molecule has 0 aromatic heterocycles. The summed E-state index contributed by atoms with van der Waals surface area (Å²) in [5, 5.41) is 0. The maximum absolute atomic E-state index is 12.6. The van der Waals surface area contributed by atoms with Gasteiger partial charge in [-0.1, -0.05) is 64.5 Å². The van der Waals surface area contributed by atoms with E-state index >= 15 is 0 Å². The Hall–Kier alpha value is -2.11. The molecule has 0 fully saturated rings. The molecule has 0 spiro atoms. The molecule has 0 amide bonds. The minimum absolute atomic E-state index is 0.236. The van der Waals surface area contributed by atoms with Crippen LogP contribution in [0.5, 0.6) is 0 Å². The highest BCUT2D eigenvalue weighted by molar-refractivity contribution is 9.10. The van der Waals surface area contributed by atoms with Crippen molar-refractivity contribution in [1.29, 1.82) is 0 Å². The minimum atomic E-state index is -3.62. The summed E-state index contributed by atoms with van der Waals surface area (Å²) in [6.07, 6.45) is 0.667. The van der Waals surface area contributed by atoms with Crippen LogP contribution in [0.4, 0.5) is 5.69 Å². The van der Waals surface area contributed by atoms with E-state index in [1.54, 1.807) is 30.3 Å². The second-order valence-corrected chi connectivity index (χ2v) is 7.98. The lowest BCUT2D eigenvalue weighted by molar-refractivity contribution is 0.601. The monoisotopic (exact) mass is 401 g/mol. The molecule has 0 aliphatic rings. The zero-order valence-corrected chi connectivity index (χ0v) is 15.2. The highest BCUT2D eigenvalue weighted by atomic mass is 79.9. The van der Waals surface area contributed by atoms with Crippen molar-refractivity contribution in [2.45, 2.75) is 11.3 Å². The fraction of sp³-hybridized carbons (Fsp3) is 0.0526. The van der Waals surface area contributed by atoms with Crippen molar-refractivity contribution in [2.24, 2.45) is 0 Å². The summed E-state index contributed by atoms with van der Waals surface area (Å²) in [5.41, 5.74) is 2.67. The van der Waals surface area contributed by atoms with Gasteiger partial charge in [0.2, 0.25) is 0 Å². The second-order valence-electron chi connectivity index (χ2n) is 5.38. The highest BCUT2D eigenvalue weighted by Crippen LogP contribution is 2.23. The number of sulfonamides is 1. The largest absolute Gasteiger partial charge is 0.279 e. The summed E-state index contributed by atoms with van der Waals surface area (Å²) in [4.78, 5) is 0.236. The third-order valence-corrected chi connectivity index (χ3v) is 5.53. The third kappa shape index (κ3) is 4.04. The van der Waals surface area contributed by atoms with Crippen LogP contribution < -0.4 is 4.72 Å². The average molecular weight is 402 g/mol. The lowest BCUT2D eigenvalue weighted by atomic mass is 10.0. The van der Waals surface area contributed by atoms with Crippen LogP contribution in [0.1, 0.15) is 11.1 Å². The van der Waals surface area contributed by atoms with Crippen LogP contribution in [0.2, 0.25) is 0 Å². The summed E-state index contributed by atoms with van der Waals surface area (Å²) in [6, 6.07) is 24.0. The molecule has 0 unspecified atom stereocenters. The molecule has 1 N–H and O–H groups in total. The van der Waals surface area contributed by atoms with E-state index in [9.17, 15) is 8.42 Å². The topological polar surface area (TPSA) is 46.2 Å². The number of halogens is 1. The van der Waals surface area contributed by atoms with Crippen molar-refractivity contribution in [1.82, 2.24) is 0 Å². The summed E-state index contributed by atoms with van der Waals surface area (Å²) >= 11 is 3.31.